The van der Waals surface area contributed by atoms with Crippen LogP contribution in [0.2, 0.25) is 0 Å². The summed E-state index contributed by atoms with van der Waals surface area (Å²) in [6.45, 7) is 3.93. The van der Waals surface area contributed by atoms with Gasteiger partial charge in [-0.3, -0.25) is 0 Å². The second kappa shape index (κ2) is 4.18. The fraction of sp³-hybridized carbons (Fsp3) is 0.929. The second-order valence-electron chi connectivity index (χ2n) is 6.40. The number of alkyl carbamates (subject to hydrolysis) is 1. The predicted octanol–water partition coefficient (Wildman–Crippen LogP) is 2.95. The molecular formula is C14H23NO2. The minimum absolute atomic E-state index is 0.167. The number of carbonyl (C=O) groups excluding carboxylic acids is 1. The van der Waals surface area contributed by atoms with Crippen molar-refractivity contribution in [3.05, 3.63) is 0 Å². The highest BCUT2D eigenvalue weighted by molar-refractivity contribution is 5.67. The molecule has 3 nitrogen and oxygen atoms in total. The van der Waals surface area contributed by atoms with Crippen molar-refractivity contribution in [3.63, 3.8) is 0 Å². The molecule has 0 aromatic rings. The summed E-state index contributed by atoms with van der Waals surface area (Å²) in [5.41, 5.74) is 0. The van der Waals surface area contributed by atoms with E-state index in [2.05, 4.69) is 5.32 Å². The van der Waals surface area contributed by atoms with Gasteiger partial charge < -0.3 is 10.1 Å². The molecular weight excluding hydrogens is 214 g/mol. The molecule has 1 N–H and O–H groups in total. The second-order valence-corrected chi connectivity index (χ2v) is 6.40. The van der Waals surface area contributed by atoms with Crippen molar-refractivity contribution in [1.82, 2.24) is 5.32 Å². The third kappa shape index (κ3) is 1.94. The lowest BCUT2D eigenvalue weighted by Crippen LogP contribution is -2.38. The maximum atomic E-state index is 11.6. The molecule has 17 heavy (non-hydrogen) atoms. The molecule has 5 atom stereocenters. The normalized spacial score (nSPS) is 42.9. The summed E-state index contributed by atoms with van der Waals surface area (Å²) in [6, 6.07) is 0.167. The van der Waals surface area contributed by atoms with E-state index in [-0.39, 0.29) is 18.2 Å². The molecule has 5 unspecified atom stereocenters. The van der Waals surface area contributed by atoms with E-state index in [0.29, 0.717) is 5.92 Å². The van der Waals surface area contributed by atoms with Crippen LogP contribution in [0.1, 0.15) is 46.0 Å². The minimum atomic E-state index is -0.216. The van der Waals surface area contributed by atoms with Crippen LogP contribution in [0.3, 0.4) is 0 Å². The molecule has 0 radical (unpaired) electrons. The summed E-state index contributed by atoms with van der Waals surface area (Å²) in [7, 11) is 0. The Bertz CT molecular complexity index is 315. The van der Waals surface area contributed by atoms with Crippen LogP contribution in [0.4, 0.5) is 4.79 Å². The summed E-state index contributed by atoms with van der Waals surface area (Å²) in [4.78, 5) is 11.6. The van der Waals surface area contributed by atoms with Crippen LogP contribution in [0.15, 0.2) is 0 Å². The van der Waals surface area contributed by atoms with Crippen LogP contribution >= 0.6 is 0 Å². The molecule has 3 fully saturated rings. The number of hydrogen-bond donors (Lipinski definition) is 1. The SMILES string of the molecule is CC(C)NC(=O)OC1CC2CC1C1CCCC21. The fourth-order valence-corrected chi connectivity index (χ4v) is 4.55. The molecule has 0 spiro atoms. The summed E-state index contributed by atoms with van der Waals surface area (Å²) in [6.07, 6.45) is 6.62. The zero-order valence-corrected chi connectivity index (χ0v) is 10.8. The zero-order valence-electron chi connectivity index (χ0n) is 10.8. The minimum Gasteiger partial charge on any atom is -0.446 e. The molecule has 3 saturated carbocycles. The molecule has 0 saturated heterocycles. The Kier molecular flexibility index (Phi) is 2.80. The van der Waals surface area contributed by atoms with E-state index in [9.17, 15) is 4.79 Å². The maximum absolute atomic E-state index is 11.6. The Morgan fingerprint density at radius 2 is 1.94 bits per heavy atom. The molecule has 96 valence electrons. The third-order valence-electron chi connectivity index (χ3n) is 5.03. The smallest absolute Gasteiger partial charge is 0.407 e. The van der Waals surface area contributed by atoms with Crippen LogP contribution in [-0.4, -0.2) is 18.2 Å². The summed E-state index contributed by atoms with van der Waals surface area (Å²) < 4.78 is 5.61. The van der Waals surface area contributed by atoms with Crippen molar-refractivity contribution >= 4 is 6.09 Å². The highest BCUT2D eigenvalue weighted by Gasteiger charge is 2.55. The number of ether oxygens (including phenoxy) is 1. The highest BCUT2D eigenvalue weighted by Crippen LogP contribution is 2.59. The summed E-state index contributed by atoms with van der Waals surface area (Å²) in [5.74, 6) is 3.35. The fourth-order valence-electron chi connectivity index (χ4n) is 4.55. The first kappa shape index (κ1) is 11.4. The Morgan fingerprint density at radius 1 is 1.18 bits per heavy atom. The number of nitrogens with one attached hydrogen (secondary N) is 1. The molecule has 0 heterocycles. The Hall–Kier alpha value is -0.730. The molecule has 0 aliphatic heterocycles. The van der Waals surface area contributed by atoms with Gasteiger partial charge in [0.15, 0.2) is 0 Å². The molecule has 2 bridgehead atoms. The number of fused-ring (bicyclic) bond motifs is 5. The van der Waals surface area contributed by atoms with Gasteiger partial charge >= 0.3 is 6.09 Å². The van der Waals surface area contributed by atoms with Crippen molar-refractivity contribution in [1.29, 1.82) is 0 Å². The van der Waals surface area contributed by atoms with E-state index in [1.54, 1.807) is 0 Å². The monoisotopic (exact) mass is 237 g/mol. The number of hydrogen-bond acceptors (Lipinski definition) is 2. The van der Waals surface area contributed by atoms with Gasteiger partial charge in [-0.15, -0.1) is 0 Å². The van der Waals surface area contributed by atoms with Gasteiger partial charge in [-0.2, -0.15) is 0 Å². The van der Waals surface area contributed by atoms with Crippen molar-refractivity contribution in [2.24, 2.45) is 23.7 Å². The predicted molar refractivity (Wildman–Crippen MR) is 65.6 cm³/mol. The van der Waals surface area contributed by atoms with Gasteiger partial charge in [0.2, 0.25) is 0 Å². The number of carbonyl (C=O) groups is 1. The van der Waals surface area contributed by atoms with Crippen LogP contribution < -0.4 is 5.32 Å². The van der Waals surface area contributed by atoms with Gasteiger partial charge in [0, 0.05) is 6.04 Å². The molecule has 0 aromatic heterocycles. The Balaban J connectivity index is 1.58. The van der Waals surface area contributed by atoms with E-state index in [1.807, 2.05) is 13.8 Å². The topological polar surface area (TPSA) is 38.3 Å². The van der Waals surface area contributed by atoms with Gasteiger partial charge in [0.25, 0.3) is 0 Å². The van der Waals surface area contributed by atoms with E-state index in [4.69, 9.17) is 4.74 Å². The molecule has 1 amide bonds. The quantitative estimate of drug-likeness (QED) is 0.802. The first-order valence-corrected chi connectivity index (χ1v) is 7.12. The van der Waals surface area contributed by atoms with Crippen molar-refractivity contribution in [2.75, 3.05) is 0 Å². The highest BCUT2D eigenvalue weighted by atomic mass is 16.6. The van der Waals surface area contributed by atoms with Gasteiger partial charge in [-0.25, -0.2) is 4.79 Å². The standard InChI is InChI=1S/C14H23NO2/c1-8(2)15-14(16)17-13-7-9-6-12(13)11-5-3-4-10(9)11/h8-13H,3-7H2,1-2H3,(H,15,16). The van der Waals surface area contributed by atoms with Crippen LogP contribution in [0.5, 0.6) is 0 Å². The average Bonchev–Trinajstić information content (AvgIpc) is 2.83. The zero-order chi connectivity index (χ0) is 12.0. The van der Waals surface area contributed by atoms with Gasteiger partial charge in [0.05, 0.1) is 0 Å². The molecule has 3 heteroatoms. The largest absolute Gasteiger partial charge is 0.446 e. The summed E-state index contributed by atoms with van der Waals surface area (Å²) >= 11 is 0. The van der Waals surface area contributed by atoms with Crippen molar-refractivity contribution < 1.29 is 9.53 Å². The van der Waals surface area contributed by atoms with Gasteiger partial charge in [-0.05, 0) is 63.2 Å². The summed E-state index contributed by atoms with van der Waals surface area (Å²) in [5, 5.41) is 2.83. The Morgan fingerprint density at radius 3 is 2.71 bits per heavy atom. The van der Waals surface area contributed by atoms with E-state index in [1.165, 1.54) is 25.7 Å². The lowest BCUT2D eigenvalue weighted by Gasteiger charge is -2.31. The first-order valence-electron chi connectivity index (χ1n) is 7.12. The van der Waals surface area contributed by atoms with Crippen LogP contribution in [0.25, 0.3) is 0 Å². The van der Waals surface area contributed by atoms with Crippen LogP contribution in [-0.2, 0) is 4.74 Å². The van der Waals surface area contributed by atoms with Crippen molar-refractivity contribution in [2.45, 2.75) is 58.1 Å². The molecule has 3 aliphatic rings. The number of amides is 1. The molecule has 3 rings (SSSR count). The van der Waals surface area contributed by atoms with E-state index < -0.39 is 0 Å². The first-order chi connectivity index (χ1) is 8.15. The van der Waals surface area contributed by atoms with Crippen LogP contribution in [0, 0.1) is 23.7 Å². The Labute approximate surface area is 103 Å². The molecule has 3 aliphatic carbocycles. The maximum Gasteiger partial charge on any atom is 0.407 e. The van der Waals surface area contributed by atoms with Gasteiger partial charge in [0.1, 0.15) is 6.10 Å². The van der Waals surface area contributed by atoms with E-state index in [0.717, 1.165) is 24.2 Å². The third-order valence-corrected chi connectivity index (χ3v) is 5.03. The lowest BCUT2D eigenvalue weighted by atomic mass is 9.80. The number of rotatable bonds is 2. The van der Waals surface area contributed by atoms with E-state index >= 15 is 0 Å². The lowest BCUT2D eigenvalue weighted by molar-refractivity contribution is 0.0342. The van der Waals surface area contributed by atoms with Crippen molar-refractivity contribution in [3.8, 4) is 0 Å². The van der Waals surface area contributed by atoms with Gasteiger partial charge in [-0.1, -0.05) is 6.42 Å². The average molecular weight is 237 g/mol. The molecule has 0 aromatic carbocycles.